The fraction of sp³-hybridized carbons (Fsp3) is 0.607. The summed E-state index contributed by atoms with van der Waals surface area (Å²) in [5.41, 5.74) is 1.75. The molecule has 1 saturated carbocycles. The van der Waals surface area contributed by atoms with Crippen molar-refractivity contribution in [3.63, 3.8) is 0 Å². The second kappa shape index (κ2) is 10.6. The molecular weight excluding hydrogens is 442 g/mol. The van der Waals surface area contributed by atoms with Crippen molar-refractivity contribution in [3.05, 3.63) is 52.0 Å². The van der Waals surface area contributed by atoms with Crippen LogP contribution >= 0.6 is 11.3 Å². The lowest BCUT2D eigenvalue weighted by Crippen LogP contribution is -2.49. The lowest BCUT2D eigenvalue weighted by Gasteiger charge is -2.43. The normalized spacial score (nSPS) is 24.5. The lowest BCUT2D eigenvalue weighted by molar-refractivity contribution is -0.134. The molecule has 2 aliphatic heterocycles. The van der Waals surface area contributed by atoms with Crippen molar-refractivity contribution >= 4 is 23.2 Å². The van der Waals surface area contributed by atoms with E-state index in [0.29, 0.717) is 23.6 Å². The van der Waals surface area contributed by atoms with E-state index in [-0.39, 0.29) is 17.7 Å². The van der Waals surface area contributed by atoms with Crippen LogP contribution < -0.4 is 0 Å². The van der Waals surface area contributed by atoms with Gasteiger partial charge in [0.05, 0.1) is 10.9 Å². The predicted octanol–water partition coefficient (Wildman–Crippen LogP) is 5.84. The number of likely N-dealkylation sites (tertiary alicyclic amines) is 2. The molecule has 3 heterocycles. The fourth-order valence-corrected chi connectivity index (χ4v) is 7.37. The van der Waals surface area contributed by atoms with Crippen LogP contribution in [0.5, 0.6) is 0 Å². The van der Waals surface area contributed by atoms with Gasteiger partial charge in [-0.3, -0.25) is 9.59 Å². The van der Waals surface area contributed by atoms with Crippen molar-refractivity contribution in [2.45, 2.75) is 82.6 Å². The molecule has 5 nitrogen and oxygen atoms in total. The quantitative estimate of drug-likeness (QED) is 0.541. The number of fused-ring (bicyclic) bond motifs is 1. The van der Waals surface area contributed by atoms with Crippen molar-refractivity contribution in [2.75, 3.05) is 19.6 Å². The molecule has 2 saturated heterocycles. The van der Waals surface area contributed by atoms with Crippen molar-refractivity contribution < 1.29 is 9.59 Å². The second-order valence-corrected chi connectivity index (χ2v) is 11.2. The predicted molar refractivity (Wildman–Crippen MR) is 136 cm³/mol. The summed E-state index contributed by atoms with van der Waals surface area (Å²) in [6.45, 7) is 4.51. The highest BCUT2D eigenvalue weighted by atomic mass is 32.1. The van der Waals surface area contributed by atoms with E-state index in [9.17, 15) is 9.59 Å². The van der Waals surface area contributed by atoms with E-state index in [0.717, 1.165) is 62.3 Å². The van der Waals surface area contributed by atoms with Gasteiger partial charge < -0.3 is 9.80 Å². The van der Waals surface area contributed by atoms with Gasteiger partial charge in [-0.15, -0.1) is 11.3 Å². The first-order valence-electron chi connectivity index (χ1n) is 13.3. The van der Waals surface area contributed by atoms with Gasteiger partial charge in [0.2, 0.25) is 5.91 Å². The molecule has 1 aromatic heterocycles. The van der Waals surface area contributed by atoms with Gasteiger partial charge in [-0.05, 0) is 56.4 Å². The maximum atomic E-state index is 13.4. The minimum Gasteiger partial charge on any atom is -0.342 e. The zero-order chi connectivity index (χ0) is 23.5. The van der Waals surface area contributed by atoms with Gasteiger partial charge in [0.25, 0.3) is 5.91 Å². The first-order valence-corrected chi connectivity index (χ1v) is 14.1. The maximum Gasteiger partial charge on any atom is 0.273 e. The Balaban J connectivity index is 1.20. The first kappa shape index (κ1) is 23.5. The molecule has 0 N–H and O–H groups in total. The third kappa shape index (κ3) is 4.79. The van der Waals surface area contributed by atoms with E-state index < -0.39 is 0 Å². The molecule has 3 aliphatic rings. The summed E-state index contributed by atoms with van der Waals surface area (Å²) in [6.07, 6.45) is 10.1. The molecule has 34 heavy (non-hydrogen) atoms. The number of thiazole rings is 1. The Labute approximate surface area is 207 Å². The van der Waals surface area contributed by atoms with Crippen LogP contribution in [0.15, 0.2) is 35.7 Å². The van der Waals surface area contributed by atoms with Crippen LogP contribution in [-0.4, -0.2) is 52.3 Å². The summed E-state index contributed by atoms with van der Waals surface area (Å²) >= 11 is 1.63. The fourth-order valence-electron chi connectivity index (χ4n) is 6.40. The average Bonchev–Trinajstić information content (AvgIpc) is 3.39. The molecule has 1 aromatic carbocycles. The van der Waals surface area contributed by atoms with Crippen molar-refractivity contribution in [3.8, 4) is 0 Å². The van der Waals surface area contributed by atoms with E-state index in [4.69, 9.17) is 4.98 Å². The Morgan fingerprint density at radius 2 is 1.74 bits per heavy atom. The number of nitrogens with zero attached hydrogens (tertiary/aromatic N) is 3. The van der Waals surface area contributed by atoms with Gasteiger partial charge in [0.1, 0.15) is 5.69 Å². The highest BCUT2D eigenvalue weighted by molar-refractivity contribution is 7.09. The molecule has 0 radical (unpaired) electrons. The molecule has 6 heteroatoms. The number of aromatic nitrogens is 1. The summed E-state index contributed by atoms with van der Waals surface area (Å²) in [5, 5.41) is 3.05. The highest BCUT2D eigenvalue weighted by Gasteiger charge is 2.37. The molecule has 3 atom stereocenters. The van der Waals surface area contributed by atoms with Crippen LogP contribution in [0.1, 0.15) is 97.6 Å². The van der Waals surface area contributed by atoms with Crippen molar-refractivity contribution in [2.24, 2.45) is 5.92 Å². The zero-order valence-electron chi connectivity index (χ0n) is 20.3. The Bertz CT molecular complexity index is 981. The number of benzene rings is 1. The van der Waals surface area contributed by atoms with Crippen LogP contribution in [0.25, 0.3) is 0 Å². The van der Waals surface area contributed by atoms with Crippen molar-refractivity contribution in [1.82, 2.24) is 14.8 Å². The van der Waals surface area contributed by atoms with Crippen LogP contribution in [0.3, 0.4) is 0 Å². The molecule has 1 aliphatic carbocycles. The number of carbonyl (C=O) groups excluding carboxylic acids is 2. The minimum atomic E-state index is -0.0602. The largest absolute Gasteiger partial charge is 0.342 e. The third-order valence-electron chi connectivity index (χ3n) is 8.31. The number of hydrogen-bond acceptors (Lipinski definition) is 4. The molecule has 0 spiro atoms. The van der Waals surface area contributed by atoms with Crippen LogP contribution in [0.2, 0.25) is 0 Å². The van der Waals surface area contributed by atoms with Gasteiger partial charge in [-0.2, -0.15) is 0 Å². The molecule has 2 amide bonds. The van der Waals surface area contributed by atoms with Crippen molar-refractivity contribution in [1.29, 1.82) is 0 Å². The van der Waals surface area contributed by atoms with Crippen LogP contribution in [-0.2, 0) is 4.79 Å². The summed E-state index contributed by atoms with van der Waals surface area (Å²) in [4.78, 5) is 35.6. The van der Waals surface area contributed by atoms with Gasteiger partial charge in [0, 0.05) is 37.0 Å². The standard InChI is InChI=1S/C28H37N3O2S/c1-2-23(20-9-4-3-5-10-20)27(32)30-17-14-22(15-18-30)26-29-24(19-34-26)28(33)31-16-8-12-21-11-6-7-13-25(21)31/h3-5,9-10,19,21-23,25H,2,6-8,11-18H2,1H3. The van der Waals surface area contributed by atoms with Gasteiger partial charge in [-0.25, -0.2) is 4.98 Å². The molecule has 2 aromatic rings. The summed E-state index contributed by atoms with van der Waals surface area (Å²) in [5.74, 6) is 1.36. The Kier molecular flexibility index (Phi) is 7.33. The number of amides is 2. The summed E-state index contributed by atoms with van der Waals surface area (Å²) in [7, 11) is 0. The molecule has 0 bridgehead atoms. The van der Waals surface area contributed by atoms with E-state index in [1.54, 1.807) is 11.3 Å². The van der Waals surface area contributed by atoms with Crippen LogP contribution in [0, 0.1) is 5.92 Å². The SMILES string of the molecule is CCC(C(=O)N1CCC(c2nc(C(=O)N3CCCC4CCCCC43)cs2)CC1)c1ccccc1. The van der Waals surface area contributed by atoms with Gasteiger partial charge >= 0.3 is 0 Å². The number of carbonyl (C=O) groups is 2. The molecule has 182 valence electrons. The van der Waals surface area contributed by atoms with E-state index in [2.05, 4.69) is 24.0 Å². The maximum absolute atomic E-state index is 13.4. The Morgan fingerprint density at radius 3 is 2.50 bits per heavy atom. The third-order valence-corrected chi connectivity index (χ3v) is 9.32. The number of piperidine rings is 2. The van der Waals surface area contributed by atoms with E-state index >= 15 is 0 Å². The monoisotopic (exact) mass is 479 g/mol. The van der Waals surface area contributed by atoms with E-state index in [1.165, 1.54) is 25.7 Å². The second-order valence-electron chi connectivity index (χ2n) is 10.3. The smallest absolute Gasteiger partial charge is 0.273 e. The van der Waals surface area contributed by atoms with E-state index in [1.807, 2.05) is 28.5 Å². The summed E-state index contributed by atoms with van der Waals surface area (Å²) in [6, 6.07) is 10.6. The first-order chi connectivity index (χ1) is 16.7. The molecule has 5 rings (SSSR count). The number of rotatable bonds is 5. The molecule has 3 unspecified atom stereocenters. The average molecular weight is 480 g/mol. The van der Waals surface area contributed by atoms with Crippen LogP contribution in [0.4, 0.5) is 0 Å². The zero-order valence-corrected chi connectivity index (χ0v) is 21.1. The topological polar surface area (TPSA) is 53.5 Å². The van der Waals surface area contributed by atoms with Gasteiger partial charge in [0.15, 0.2) is 0 Å². The summed E-state index contributed by atoms with van der Waals surface area (Å²) < 4.78 is 0. The lowest BCUT2D eigenvalue weighted by atomic mass is 9.78. The Morgan fingerprint density at radius 1 is 1.00 bits per heavy atom. The highest BCUT2D eigenvalue weighted by Crippen LogP contribution is 2.37. The minimum absolute atomic E-state index is 0.0602. The Hall–Kier alpha value is -2.21. The molecule has 3 fully saturated rings. The number of hydrogen-bond donors (Lipinski definition) is 0. The van der Waals surface area contributed by atoms with Gasteiger partial charge in [-0.1, -0.05) is 50.1 Å². The molecular formula is C28H37N3O2S.